The van der Waals surface area contributed by atoms with Crippen molar-refractivity contribution in [3.8, 4) is 0 Å². The number of aliphatic hydroxyl groups is 1. The molecular weight excluding hydrogens is 189 g/mol. The zero-order valence-corrected chi connectivity index (χ0v) is 7.57. The summed E-state index contributed by atoms with van der Waals surface area (Å²) < 4.78 is 13.8. The highest BCUT2D eigenvalue weighted by Crippen LogP contribution is 2.30. The summed E-state index contributed by atoms with van der Waals surface area (Å²) in [7, 11) is 0. The maximum absolute atomic E-state index is 13.2. The fraction of sp³-hybridized carbons (Fsp3) is 0.111. The number of nitrogen functional groups attached to an aromatic ring is 1. The van der Waals surface area contributed by atoms with Crippen LogP contribution in [0.4, 0.5) is 10.1 Å². The summed E-state index contributed by atoms with van der Waals surface area (Å²) in [5, 5.41) is 11.5. The lowest BCUT2D eigenvalue weighted by Crippen LogP contribution is -1.95. The zero-order chi connectivity index (χ0) is 9.42. The van der Waals surface area contributed by atoms with Crippen LogP contribution in [0.3, 0.4) is 0 Å². The number of thiophene rings is 1. The van der Waals surface area contributed by atoms with Crippen molar-refractivity contribution in [3.05, 3.63) is 28.9 Å². The van der Waals surface area contributed by atoms with Crippen LogP contribution in [0, 0.1) is 5.82 Å². The molecule has 0 aliphatic heterocycles. The normalized spacial score (nSPS) is 10.9. The van der Waals surface area contributed by atoms with Gasteiger partial charge in [-0.3, -0.25) is 0 Å². The van der Waals surface area contributed by atoms with Crippen molar-refractivity contribution in [1.82, 2.24) is 0 Å². The summed E-state index contributed by atoms with van der Waals surface area (Å²) in [6.45, 7) is -0.153. The Balaban J connectivity index is 2.88. The van der Waals surface area contributed by atoms with Gasteiger partial charge in [-0.25, -0.2) is 4.39 Å². The van der Waals surface area contributed by atoms with Crippen LogP contribution in [0.15, 0.2) is 17.5 Å². The van der Waals surface area contributed by atoms with Crippen LogP contribution in [0.5, 0.6) is 0 Å². The Kier molecular flexibility index (Phi) is 1.94. The van der Waals surface area contributed by atoms with Gasteiger partial charge in [-0.2, -0.15) is 0 Å². The second kappa shape index (κ2) is 2.97. The largest absolute Gasteiger partial charge is 0.398 e. The van der Waals surface area contributed by atoms with Gasteiger partial charge in [-0.05, 0) is 17.5 Å². The van der Waals surface area contributed by atoms with Gasteiger partial charge >= 0.3 is 0 Å². The highest BCUT2D eigenvalue weighted by atomic mass is 32.1. The van der Waals surface area contributed by atoms with Gasteiger partial charge in [0, 0.05) is 16.6 Å². The molecule has 1 aromatic carbocycles. The first-order valence-corrected chi connectivity index (χ1v) is 4.67. The summed E-state index contributed by atoms with van der Waals surface area (Å²) in [6, 6.07) is 3.02. The molecule has 1 heterocycles. The van der Waals surface area contributed by atoms with Crippen LogP contribution in [0.1, 0.15) is 5.56 Å². The molecule has 2 nitrogen and oxygen atoms in total. The second-order valence-corrected chi connectivity index (χ2v) is 3.66. The molecule has 0 atom stereocenters. The highest BCUT2D eigenvalue weighted by molar-refractivity contribution is 7.17. The maximum Gasteiger partial charge on any atom is 0.143 e. The van der Waals surface area contributed by atoms with Crippen molar-refractivity contribution in [2.45, 2.75) is 6.61 Å². The Hall–Kier alpha value is -1.13. The Morgan fingerprint density at radius 1 is 1.54 bits per heavy atom. The fourth-order valence-electron chi connectivity index (χ4n) is 1.35. The van der Waals surface area contributed by atoms with Crippen molar-refractivity contribution in [1.29, 1.82) is 0 Å². The van der Waals surface area contributed by atoms with Crippen molar-refractivity contribution in [3.63, 3.8) is 0 Å². The summed E-state index contributed by atoms with van der Waals surface area (Å²) in [4.78, 5) is 0. The van der Waals surface area contributed by atoms with E-state index < -0.39 is 0 Å². The van der Waals surface area contributed by atoms with E-state index >= 15 is 0 Å². The first-order valence-electron chi connectivity index (χ1n) is 3.79. The molecular formula is C9H8FNOS. The first-order chi connectivity index (χ1) is 6.24. The third kappa shape index (κ3) is 1.18. The summed E-state index contributed by atoms with van der Waals surface area (Å²) >= 11 is 1.31. The minimum atomic E-state index is -0.320. The van der Waals surface area contributed by atoms with Gasteiger partial charge in [0.1, 0.15) is 5.82 Å². The number of fused-ring (bicyclic) bond motifs is 1. The average molecular weight is 197 g/mol. The van der Waals surface area contributed by atoms with E-state index in [4.69, 9.17) is 10.8 Å². The topological polar surface area (TPSA) is 46.2 Å². The number of hydrogen-bond acceptors (Lipinski definition) is 3. The monoisotopic (exact) mass is 197 g/mol. The van der Waals surface area contributed by atoms with E-state index in [2.05, 4.69) is 0 Å². The van der Waals surface area contributed by atoms with Gasteiger partial charge in [-0.1, -0.05) is 0 Å². The van der Waals surface area contributed by atoms with Crippen LogP contribution < -0.4 is 5.73 Å². The van der Waals surface area contributed by atoms with E-state index in [1.165, 1.54) is 17.4 Å². The molecule has 0 aliphatic carbocycles. The van der Waals surface area contributed by atoms with Gasteiger partial charge in [0.15, 0.2) is 0 Å². The molecule has 0 saturated carbocycles. The van der Waals surface area contributed by atoms with E-state index in [1.807, 2.05) is 0 Å². The Bertz CT molecular complexity index is 452. The third-order valence-corrected chi connectivity index (χ3v) is 2.92. The molecule has 2 aromatic rings. The lowest BCUT2D eigenvalue weighted by Gasteiger charge is -2.04. The molecule has 0 bridgehead atoms. The summed E-state index contributed by atoms with van der Waals surface area (Å²) in [5.41, 5.74) is 6.48. The highest BCUT2D eigenvalue weighted by Gasteiger charge is 2.10. The Morgan fingerprint density at radius 2 is 2.31 bits per heavy atom. The predicted molar refractivity (Wildman–Crippen MR) is 52.1 cm³/mol. The molecule has 0 unspecified atom stereocenters. The van der Waals surface area contributed by atoms with Crippen molar-refractivity contribution >= 4 is 27.1 Å². The van der Waals surface area contributed by atoms with Crippen LogP contribution in [0.2, 0.25) is 0 Å². The molecule has 0 radical (unpaired) electrons. The van der Waals surface area contributed by atoms with Crippen molar-refractivity contribution in [2.75, 3.05) is 5.73 Å². The maximum atomic E-state index is 13.2. The van der Waals surface area contributed by atoms with E-state index in [-0.39, 0.29) is 12.4 Å². The third-order valence-electron chi connectivity index (χ3n) is 2.00. The van der Waals surface area contributed by atoms with Crippen LogP contribution >= 0.6 is 11.3 Å². The molecule has 0 fully saturated rings. The number of rotatable bonds is 1. The molecule has 3 N–H and O–H groups in total. The van der Waals surface area contributed by atoms with Gasteiger partial charge in [0.05, 0.1) is 11.3 Å². The van der Waals surface area contributed by atoms with E-state index in [1.54, 1.807) is 11.4 Å². The average Bonchev–Trinajstić information content (AvgIpc) is 2.53. The Labute approximate surface area is 78.4 Å². The lowest BCUT2D eigenvalue weighted by molar-refractivity contribution is 0.284. The molecule has 13 heavy (non-hydrogen) atoms. The first kappa shape index (κ1) is 8.47. The minimum absolute atomic E-state index is 0.153. The molecule has 0 spiro atoms. The van der Waals surface area contributed by atoms with Crippen LogP contribution in [-0.2, 0) is 6.61 Å². The van der Waals surface area contributed by atoms with Crippen molar-refractivity contribution in [2.24, 2.45) is 0 Å². The number of anilines is 1. The SMILES string of the molecule is Nc1cc(F)c2sccc2c1CO. The van der Waals surface area contributed by atoms with Crippen LogP contribution in [0.25, 0.3) is 10.1 Å². The van der Waals surface area contributed by atoms with E-state index in [0.717, 1.165) is 0 Å². The zero-order valence-electron chi connectivity index (χ0n) is 6.75. The van der Waals surface area contributed by atoms with Gasteiger partial charge in [0.25, 0.3) is 0 Å². The molecule has 68 valence electrons. The molecule has 0 aliphatic rings. The van der Waals surface area contributed by atoms with Gasteiger partial charge < -0.3 is 10.8 Å². The predicted octanol–water partition coefficient (Wildman–Crippen LogP) is 2.11. The Morgan fingerprint density at radius 3 is 3.00 bits per heavy atom. The van der Waals surface area contributed by atoms with Gasteiger partial charge in [0.2, 0.25) is 0 Å². The van der Waals surface area contributed by atoms with Crippen molar-refractivity contribution < 1.29 is 9.50 Å². The fourth-order valence-corrected chi connectivity index (χ4v) is 2.18. The smallest absolute Gasteiger partial charge is 0.143 e. The molecule has 2 rings (SSSR count). The van der Waals surface area contributed by atoms with E-state index in [0.29, 0.717) is 21.3 Å². The molecule has 0 saturated heterocycles. The number of nitrogens with two attached hydrogens (primary N) is 1. The molecule has 1 aromatic heterocycles. The lowest BCUT2D eigenvalue weighted by atomic mass is 10.1. The minimum Gasteiger partial charge on any atom is -0.398 e. The number of benzene rings is 1. The van der Waals surface area contributed by atoms with E-state index in [9.17, 15) is 4.39 Å². The summed E-state index contributed by atoms with van der Waals surface area (Å²) in [6.07, 6.45) is 0. The standard InChI is InChI=1S/C9H8FNOS/c10-7-3-8(11)6(4-12)5-1-2-13-9(5)7/h1-3,12H,4,11H2. The second-order valence-electron chi connectivity index (χ2n) is 2.75. The summed E-state index contributed by atoms with van der Waals surface area (Å²) in [5.74, 6) is -0.320. The number of aliphatic hydroxyl groups excluding tert-OH is 1. The quantitative estimate of drug-likeness (QED) is 0.688. The number of halogens is 1. The van der Waals surface area contributed by atoms with Gasteiger partial charge in [-0.15, -0.1) is 11.3 Å². The number of hydrogen-bond donors (Lipinski definition) is 2. The molecule has 0 amide bonds. The molecule has 4 heteroatoms. The van der Waals surface area contributed by atoms with Crippen LogP contribution in [-0.4, -0.2) is 5.11 Å².